The topological polar surface area (TPSA) is 68.3 Å². The molecule has 0 heterocycles. The van der Waals surface area contributed by atoms with Gasteiger partial charge in [-0.1, -0.05) is 0 Å². The van der Waals surface area contributed by atoms with Gasteiger partial charge < -0.3 is 56.9 Å². The van der Waals surface area contributed by atoms with Crippen molar-refractivity contribution in [2.24, 2.45) is 0 Å². The molecule has 0 radical (unpaired) electrons. The second kappa shape index (κ2) is 11.8. The number of hydrogen-bond acceptors (Lipinski definition) is 4. The Balaban J connectivity index is 0. The molecule has 0 spiro atoms. The fraction of sp³-hybridized carbons (Fsp3) is 0.667. The summed E-state index contributed by atoms with van der Waals surface area (Å²) >= 11 is 0. The molecule has 0 aliphatic rings. The van der Waals surface area contributed by atoms with Crippen molar-refractivity contribution in [2.75, 3.05) is 66.9 Å². The normalized spacial score (nSPS) is 12.8. The highest BCUT2D eigenvalue weighted by atomic mass is 127. The Bertz CT molecular complexity index is 726. The van der Waals surface area contributed by atoms with E-state index in [4.69, 9.17) is 0 Å². The van der Waals surface area contributed by atoms with E-state index in [1.165, 1.54) is 24.3 Å². The molecule has 0 atom stereocenters. The summed E-state index contributed by atoms with van der Waals surface area (Å²) in [6, 6.07) is 5.64. The quantitative estimate of drug-likeness (QED) is 0.188. The van der Waals surface area contributed by atoms with E-state index in [9.17, 15) is 16.8 Å². The fourth-order valence-corrected chi connectivity index (χ4v) is 5.14. The first-order chi connectivity index (χ1) is 11.6. The third-order valence-corrected chi connectivity index (χ3v) is 7.66. The molecule has 0 saturated heterocycles. The molecular weight excluding hydrogens is 626 g/mol. The summed E-state index contributed by atoms with van der Waals surface area (Å²) in [7, 11) is 5.33. The standard InChI is InChI=1S/C18H34N2O4S2.2HI/c1-19(2,3)13-7-15-25(21,22)17-9-11-18(12-10-17)26(23,24)16-8-14-20(4,5)6;;/h9-12H,7-8,13-16H2,1-6H3;2*1H/q+2;;/p-2. The van der Waals surface area contributed by atoms with Crippen molar-refractivity contribution in [3.05, 3.63) is 24.3 Å². The van der Waals surface area contributed by atoms with Crippen LogP contribution in [0.3, 0.4) is 0 Å². The van der Waals surface area contributed by atoms with E-state index in [0.717, 1.165) is 13.1 Å². The molecule has 6 nitrogen and oxygen atoms in total. The first kappa shape index (κ1) is 30.7. The molecule has 0 aliphatic carbocycles. The van der Waals surface area contributed by atoms with Crippen LogP contribution in [-0.4, -0.2) is 92.7 Å². The lowest BCUT2D eigenvalue weighted by molar-refractivity contribution is -0.870. The third kappa shape index (κ3) is 11.6. The van der Waals surface area contributed by atoms with Gasteiger partial charge in [-0.3, -0.25) is 0 Å². The minimum absolute atomic E-state index is 0. The highest BCUT2D eigenvalue weighted by molar-refractivity contribution is 7.91. The van der Waals surface area contributed by atoms with Crippen LogP contribution >= 0.6 is 0 Å². The molecule has 0 saturated carbocycles. The van der Waals surface area contributed by atoms with Gasteiger partial charge in [0, 0.05) is 12.8 Å². The Labute approximate surface area is 205 Å². The van der Waals surface area contributed by atoms with E-state index in [1.54, 1.807) is 0 Å². The zero-order valence-corrected chi connectivity index (χ0v) is 23.6. The molecule has 0 bridgehead atoms. The van der Waals surface area contributed by atoms with Gasteiger partial charge in [-0.15, -0.1) is 0 Å². The maximum Gasteiger partial charge on any atom is 0.178 e. The number of nitrogens with zero attached hydrogens (tertiary/aromatic N) is 2. The first-order valence-electron chi connectivity index (χ1n) is 8.79. The Kier molecular flexibility index (Phi) is 12.9. The lowest BCUT2D eigenvalue weighted by atomic mass is 10.4. The largest absolute Gasteiger partial charge is 1.00 e. The van der Waals surface area contributed by atoms with Crippen LogP contribution < -0.4 is 48.0 Å². The number of sulfone groups is 2. The fourth-order valence-electron chi connectivity index (χ4n) is 2.55. The highest BCUT2D eigenvalue weighted by Gasteiger charge is 2.20. The molecule has 1 aromatic carbocycles. The summed E-state index contributed by atoms with van der Waals surface area (Å²) < 4.78 is 51.0. The second-order valence-corrected chi connectivity index (χ2v) is 13.1. The molecule has 0 aromatic heterocycles. The summed E-state index contributed by atoms with van der Waals surface area (Å²) in [5, 5.41) is 0. The van der Waals surface area contributed by atoms with Crippen molar-refractivity contribution in [1.82, 2.24) is 0 Å². The summed E-state index contributed by atoms with van der Waals surface area (Å²) in [6.07, 6.45) is 1.13. The Morgan fingerprint density at radius 2 is 0.857 bits per heavy atom. The minimum Gasteiger partial charge on any atom is -1.00 e. The predicted octanol–water partition coefficient (Wildman–Crippen LogP) is -4.57. The molecule has 10 heteroatoms. The molecule has 0 N–H and O–H groups in total. The monoisotopic (exact) mass is 660 g/mol. The minimum atomic E-state index is -3.39. The molecule has 0 unspecified atom stereocenters. The van der Waals surface area contributed by atoms with Crippen LogP contribution in [0.5, 0.6) is 0 Å². The van der Waals surface area contributed by atoms with Gasteiger partial charge in [0.25, 0.3) is 0 Å². The van der Waals surface area contributed by atoms with Gasteiger partial charge in [0.15, 0.2) is 19.7 Å². The van der Waals surface area contributed by atoms with E-state index in [1.807, 2.05) is 42.3 Å². The number of halogens is 2. The zero-order chi connectivity index (χ0) is 20.2. The van der Waals surface area contributed by atoms with Gasteiger partial charge in [-0.2, -0.15) is 0 Å². The van der Waals surface area contributed by atoms with Crippen LogP contribution in [0, 0.1) is 0 Å². The first-order valence-corrected chi connectivity index (χ1v) is 12.1. The van der Waals surface area contributed by atoms with E-state index < -0.39 is 19.7 Å². The Hall–Kier alpha value is 0.500. The number of quaternary nitrogens is 2. The van der Waals surface area contributed by atoms with Gasteiger partial charge in [0.1, 0.15) is 0 Å². The maximum atomic E-state index is 12.4. The van der Waals surface area contributed by atoms with Crippen LogP contribution in [0.25, 0.3) is 0 Å². The van der Waals surface area contributed by atoms with Crippen LogP contribution in [0.2, 0.25) is 0 Å². The lowest BCUT2D eigenvalue weighted by Crippen LogP contribution is -3.00. The Morgan fingerprint density at radius 3 is 1.07 bits per heavy atom. The van der Waals surface area contributed by atoms with Crippen molar-refractivity contribution >= 4 is 19.7 Å². The summed E-state index contributed by atoms with van der Waals surface area (Å²) in [5.41, 5.74) is 0. The van der Waals surface area contributed by atoms with Crippen LogP contribution in [0.4, 0.5) is 0 Å². The van der Waals surface area contributed by atoms with Crippen LogP contribution in [0.1, 0.15) is 12.8 Å². The lowest BCUT2D eigenvalue weighted by Gasteiger charge is -2.23. The SMILES string of the molecule is C[N+](C)(C)CCCS(=O)(=O)c1ccc(S(=O)(=O)CCC[N+](C)(C)C)cc1.[I-].[I-]. The second-order valence-electron chi connectivity index (χ2n) is 8.84. The molecule has 166 valence electrons. The maximum absolute atomic E-state index is 12.4. The Morgan fingerprint density at radius 1 is 0.607 bits per heavy atom. The van der Waals surface area contributed by atoms with Crippen molar-refractivity contribution in [1.29, 1.82) is 0 Å². The molecule has 0 amide bonds. The van der Waals surface area contributed by atoms with Gasteiger partial charge in [0.05, 0.1) is 76.7 Å². The molecule has 28 heavy (non-hydrogen) atoms. The summed E-state index contributed by atoms with van der Waals surface area (Å²) in [5.74, 6) is 0.135. The molecular formula is C18H34I2N2O4S2. The molecule has 0 aliphatic heterocycles. The summed E-state index contributed by atoms with van der Waals surface area (Å²) in [4.78, 5) is 0.369. The van der Waals surface area contributed by atoms with Crippen molar-refractivity contribution in [3.8, 4) is 0 Å². The van der Waals surface area contributed by atoms with Gasteiger partial charge in [-0.25, -0.2) is 16.8 Å². The molecule has 1 aromatic rings. The summed E-state index contributed by atoms with van der Waals surface area (Å²) in [6.45, 7) is 1.52. The molecule has 1 rings (SSSR count). The average molecular weight is 660 g/mol. The van der Waals surface area contributed by atoms with Crippen molar-refractivity contribution < 1.29 is 73.8 Å². The smallest absolute Gasteiger partial charge is 0.178 e. The van der Waals surface area contributed by atoms with E-state index in [0.29, 0.717) is 21.8 Å². The predicted molar refractivity (Wildman–Crippen MR) is 106 cm³/mol. The van der Waals surface area contributed by atoms with E-state index >= 15 is 0 Å². The van der Waals surface area contributed by atoms with Gasteiger partial charge in [0.2, 0.25) is 0 Å². The van der Waals surface area contributed by atoms with Crippen molar-refractivity contribution in [2.45, 2.75) is 22.6 Å². The van der Waals surface area contributed by atoms with Gasteiger partial charge >= 0.3 is 0 Å². The van der Waals surface area contributed by atoms with E-state index in [2.05, 4.69) is 0 Å². The molecule has 0 fully saturated rings. The highest BCUT2D eigenvalue weighted by Crippen LogP contribution is 2.18. The van der Waals surface area contributed by atoms with Crippen LogP contribution in [0.15, 0.2) is 34.1 Å². The number of rotatable bonds is 10. The van der Waals surface area contributed by atoms with Gasteiger partial charge in [-0.05, 0) is 24.3 Å². The third-order valence-electron chi connectivity index (χ3n) is 4.03. The van der Waals surface area contributed by atoms with E-state index in [-0.39, 0.29) is 69.2 Å². The average Bonchev–Trinajstić information content (AvgIpc) is 2.44. The van der Waals surface area contributed by atoms with Crippen molar-refractivity contribution in [3.63, 3.8) is 0 Å². The van der Waals surface area contributed by atoms with Crippen LogP contribution in [-0.2, 0) is 19.7 Å². The zero-order valence-electron chi connectivity index (χ0n) is 17.7. The number of benzene rings is 1. The number of hydrogen-bond donors (Lipinski definition) is 0.